The maximum Gasteiger partial charge on any atom is 0.124 e. The van der Waals surface area contributed by atoms with Gasteiger partial charge in [-0.25, -0.2) is 0 Å². The van der Waals surface area contributed by atoms with Gasteiger partial charge in [0.1, 0.15) is 5.75 Å². The highest BCUT2D eigenvalue weighted by molar-refractivity contribution is 7.10. The average molecular weight is 289 g/mol. The third kappa shape index (κ3) is 3.22. The summed E-state index contributed by atoms with van der Waals surface area (Å²) in [5, 5.41) is 5.82. The Balaban J connectivity index is 2.46. The summed E-state index contributed by atoms with van der Waals surface area (Å²) in [6.07, 6.45) is 1.12. The van der Waals surface area contributed by atoms with Gasteiger partial charge < -0.3 is 10.1 Å². The van der Waals surface area contributed by atoms with Crippen molar-refractivity contribution in [2.24, 2.45) is 0 Å². The van der Waals surface area contributed by atoms with Crippen LogP contribution in [0.3, 0.4) is 0 Å². The Bertz CT molecular complexity index is 562. The molecule has 0 radical (unpaired) electrons. The van der Waals surface area contributed by atoms with E-state index in [4.69, 9.17) is 4.74 Å². The van der Waals surface area contributed by atoms with E-state index >= 15 is 0 Å². The summed E-state index contributed by atoms with van der Waals surface area (Å²) in [5.74, 6) is 0.954. The van der Waals surface area contributed by atoms with Gasteiger partial charge in [-0.3, -0.25) is 0 Å². The van der Waals surface area contributed by atoms with Crippen molar-refractivity contribution in [2.75, 3.05) is 13.7 Å². The molecule has 0 aliphatic carbocycles. The quantitative estimate of drug-likeness (QED) is 0.847. The molecule has 0 amide bonds. The van der Waals surface area contributed by atoms with Crippen LogP contribution in [0.4, 0.5) is 0 Å². The molecule has 0 aliphatic heterocycles. The molecule has 1 atom stereocenters. The molecule has 20 heavy (non-hydrogen) atoms. The van der Waals surface area contributed by atoms with Crippen LogP contribution in [0.2, 0.25) is 0 Å². The SMILES string of the molecule is CCCNC(c1cc(C)ccc1OC)c1ccsc1C. The van der Waals surface area contributed by atoms with Crippen LogP contribution >= 0.6 is 11.3 Å². The number of ether oxygens (including phenoxy) is 1. The van der Waals surface area contributed by atoms with Gasteiger partial charge in [0.25, 0.3) is 0 Å². The number of hydrogen-bond donors (Lipinski definition) is 1. The van der Waals surface area contributed by atoms with Crippen LogP contribution in [-0.4, -0.2) is 13.7 Å². The van der Waals surface area contributed by atoms with Crippen molar-refractivity contribution < 1.29 is 4.74 Å². The van der Waals surface area contributed by atoms with E-state index < -0.39 is 0 Å². The highest BCUT2D eigenvalue weighted by atomic mass is 32.1. The number of nitrogens with one attached hydrogen (secondary N) is 1. The van der Waals surface area contributed by atoms with E-state index in [1.54, 1.807) is 18.4 Å². The number of aryl methyl sites for hydroxylation is 2. The first kappa shape index (κ1) is 15.1. The third-order valence-corrected chi connectivity index (χ3v) is 4.37. The molecule has 1 heterocycles. The first-order valence-corrected chi connectivity index (χ1v) is 7.97. The normalized spacial score (nSPS) is 12.4. The van der Waals surface area contributed by atoms with Gasteiger partial charge >= 0.3 is 0 Å². The Morgan fingerprint density at radius 1 is 1.20 bits per heavy atom. The predicted molar refractivity (Wildman–Crippen MR) is 86.9 cm³/mol. The van der Waals surface area contributed by atoms with Crippen molar-refractivity contribution >= 4 is 11.3 Å². The Morgan fingerprint density at radius 2 is 2.00 bits per heavy atom. The number of rotatable bonds is 6. The standard InChI is InChI=1S/C17H23NOS/c1-5-9-18-17(14-8-10-20-13(14)3)15-11-12(2)6-7-16(15)19-4/h6-8,10-11,17-18H,5,9H2,1-4H3. The molecule has 2 nitrogen and oxygen atoms in total. The molecule has 2 aromatic rings. The molecular formula is C17H23NOS. The minimum Gasteiger partial charge on any atom is -0.496 e. The highest BCUT2D eigenvalue weighted by Crippen LogP contribution is 2.34. The molecule has 1 N–H and O–H groups in total. The van der Waals surface area contributed by atoms with E-state index in [9.17, 15) is 0 Å². The van der Waals surface area contributed by atoms with E-state index in [-0.39, 0.29) is 6.04 Å². The largest absolute Gasteiger partial charge is 0.496 e. The van der Waals surface area contributed by atoms with Crippen molar-refractivity contribution in [3.63, 3.8) is 0 Å². The number of benzene rings is 1. The molecule has 0 aliphatic rings. The van der Waals surface area contributed by atoms with Crippen LogP contribution < -0.4 is 10.1 Å². The van der Waals surface area contributed by atoms with Gasteiger partial charge in [-0.05, 0) is 49.9 Å². The van der Waals surface area contributed by atoms with Crippen LogP contribution in [0.1, 0.15) is 41.0 Å². The fourth-order valence-corrected chi connectivity index (χ4v) is 3.19. The molecule has 2 rings (SSSR count). The topological polar surface area (TPSA) is 21.3 Å². The summed E-state index contributed by atoms with van der Waals surface area (Å²) in [5.41, 5.74) is 3.84. The van der Waals surface area contributed by atoms with Gasteiger partial charge in [0.2, 0.25) is 0 Å². The molecule has 0 spiro atoms. The van der Waals surface area contributed by atoms with E-state index in [0.29, 0.717) is 0 Å². The van der Waals surface area contributed by atoms with E-state index in [1.807, 2.05) is 0 Å². The van der Waals surface area contributed by atoms with Crippen LogP contribution in [0.25, 0.3) is 0 Å². The Hall–Kier alpha value is -1.32. The van der Waals surface area contributed by atoms with Crippen molar-refractivity contribution in [2.45, 2.75) is 33.2 Å². The van der Waals surface area contributed by atoms with Crippen molar-refractivity contribution in [3.8, 4) is 5.75 Å². The predicted octanol–water partition coefficient (Wildman–Crippen LogP) is 4.46. The van der Waals surface area contributed by atoms with Crippen molar-refractivity contribution in [1.82, 2.24) is 5.32 Å². The molecular weight excluding hydrogens is 266 g/mol. The molecule has 3 heteroatoms. The monoisotopic (exact) mass is 289 g/mol. The second kappa shape index (κ2) is 6.91. The molecule has 0 saturated heterocycles. The fourth-order valence-electron chi connectivity index (χ4n) is 2.45. The van der Waals surface area contributed by atoms with Gasteiger partial charge in [0.05, 0.1) is 13.2 Å². The summed E-state index contributed by atoms with van der Waals surface area (Å²) < 4.78 is 5.56. The first-order chi connectivity index (χ1) is 9.67. The van der Waals surface area contributed by atoms with Crippen molar-refractivity contribution in [3.05, 3.63) is 51.2 Å². The average Bonchev–Trinajstić information content (AvgIpc) is 2.86. The molecule has 0 bridgehead atoms. The Kier molecular flexibility index (Phi) is 5.21. The van der Waals surface area contributed by atoms with E-state index in [0.717, 1.165) is 18.7 Å². The highest BCUT2D eigenvalue weighted by Gasteiger charge is 2.20. The molecule has 1 aromatic heterocycles. The second-order valence-electron chi connectivity index (χ2n) is 5.06. The number of hydrogen-bond acceptors (Lipinski definition) is 3. The van der Waals surface area contributed by atoms with E-state index in [2.05, 4.69) is 55.7 Å². The van der Waals surface area contributed by atoms with Gasteiger partial charge in [-0.1, -0.05) is 24.6 Å². The lowest BCUT2D eigenvalue weighted by atomic mass is 9.96. The minimum atomic E-state index is 0.205. The zero-order valence-electron chi connectivity index (χ0n) is 12.7. The summed E-state index contributed by atoms with van der Waals surface area (Å²) in [4.78, 5) is 1.36. The molecule has 0 saturated carbocycles. The Labute approximate surface area is 125 Å². The van der Waals surface area contributed by atoms with Crippen LogP contribution in [0.5, 0.6) is 5.75 Å². The second-order valence-corrected chi connectivity index (χ2v) is 6.18. The molecule has 1 unspecified atom stereocenters. The lowest BCUT2D eigenvalue weighted by Gasteiger charge is -2.22. The third-order valence-electron chi connectivity index (χ3n) is 3.50. The molecule has 0 fully saturated rings. The summed E-state index contributed by atoms with van der Waals surface area (Å²) in [7, 11) is 1.74. The maximum absolute atomic E-state index is 5.56. The van der Waals surface area contributed by atoms with Crippen molar-refractivity contribution in [1.29, 1.82) is 0 Å². The zero-order valence-corrected chi connectivity index (χ0v) is 13.5. The Morgan fingerprint density at radius 3 is 2.60 bits per heavy atom. The minimum absolute atomic E-state index is 0.205. The number of thiophene rings is 1. The van der Waals surface area contributed by atoms with Gasteiger partial charge in [-0.2, -0.15) is 0 Å². The first-order valence-electron chi connectivity index (χ1n) is 7.09. The maximum atomic E-state index is 5.56. The van der Waals surface area contributed by atoms with Crippen LogP contribution in [0, 0.1) is 13.8 Å². The zero-order chi connectivity index (χ0) is 14.5. The van der Waals surface area contributed by atoms with Crippen LogP contribution in [-0.2, 0) is 0 Å². The fraction of sp³-hybridized carbons (Fsp3) is 0.412. The lowest BCUT2D eigenvalue weighted by molar-refractivity contribution is 0.403. The smallest absolute Gasteiger partial charge is 0.124 e. The summed E-state index contributed by atoms with van der Waals surface area (Å²) >= 11 is 1.80. The summed E-state index contributed by atoms with van der Waals surface area (Å²) in [6.45, 7) is 7.50. The lowest BCUT2D eigenvalue weighted by Crippen LogP contribution is -2.24. The van der Waals surface area contributed by atoms with Crippen LogP contribution in [0.15, 0.2) is 29.6 Å². The summed E-state index contributed by atoms with van der Waals surface area (Å²) in [6, 6.07) is 8.81. The number of methoxy groups -OCH3 is 1. The molecule has 1 aromatic carbocycles. The van der Waals surface area contributed by atoms with Gasteiger partial charge in [0, 0.05) is 10.4 Å². The van der Waals surface area contributed by atoms with Gasteiger partial charge in [0.15, 0.2) is 0 Å². The van der Waals surface area contributed by atoms with E-state index in [1.165, 1.54) is 21.6 Å². The van der Waals surface area contributed by atoms with Gasteiger partial charge in [-0.15, -0.1) is 11.3 Å². The molecule has 108 valence electrons.